The number of Topliss-reactive ketones (excluding diaryl/α,β-unsaturated/α-hetero) is 1. The molecular formula is C16H17F3OS. The van der Waals surface area contributed by atoms with Gasteiger partial charge in [0, 0.05) is 22.0 Å². The summed E-state index contributed by atoms with van der Waals surface area (Å²) in [6.07, 6.45) is 0.974. The van der Waals surface area contributed by atoms with Crippen LogP contribution < -0.4 is 0 Å². The normalized spacial score (nSPS) is 29.2. The number of carbonyl (C=O) groups excluding carboxylic acids is 1. The fraction of sp³-hybridized carbons (Fsp3) is 0.562. The number of hydrogen-bond donors (Lipinski definition) is 0. The molecule has 0 N–H and O–H groups in total. The van der Waals surface area contributed by atoms with Crippen LogP contribution in [-0.4, -0.2) is 16.3 Å². The van der Waals surface area contributed by atoms with Crippen molar-refractivity contribution in [2.75, 3.05) is 0 Å². The zero-order chi connectivity index (χ0) is 15.0. The van der Waals surface area contributed by atoms with E-state index in [1.165, 1.54) is 18.6 Å². The number of benzene rings is 1. The molecule has 2 saturated heterocycles. The van der Waals surface area contributed by atoms with E-state index < -0.39 is 11.7 Å². The van der Waals surface area contributed by atoms with E-state index in [0.29, 0.717) is 16.1 Å². The number of hydrogen-bond acceptors (Lipinski definition) is 2. The molecule has 2 aliphatic rings. The molecule has 3 rings (SSSR count). The molecule has 1 nitrogen and oxygen atoms in total. The van der Waals surface area contributed by atoms with Gasteiger partial charge >= 0.3 is 6.18 Å². The van der Waals surface area contributed by atoms with Crippen molar-refractivity contribution in [2.24, 2.45) is 5.92 Å². The summed E-state index contributed by atoms with van der Waals surface area (Å²) in [5.41, 5.74) is -0.284. The molecule has 0 aliphatic carbocycles. The molecule has 0 spiro atoms. The Balaban J connectivity index is 1.73. The molecule has 1 aromatic rings. The van der Waals surface area contributed by atoms with Crippen molar-refractivity contribution < 1.29 is 18.0 Å². The molecule has 2 unspecified atom stereocenters. The van der Waals surface area contributed by atoms with Crippen LogP contribution in [0.5, 0.6) is 0 Å². The van der Waals surface area contributed by atoms with E-state index in [2.05, 4.69) is 0 Å². The maximum Gasteiger partial charge on any atom is 0.416 e. The Bertz CT molecular complexity index is 511. The maximum atomic E-state index is 12.5. The Morgan fingerprint density at radius 1 is 1.05 bits per heavy atom. The lowest BCUT2D eigenvalue weighted by molar-refractivity contribution is -0.137. The van der Waals surface area contributed by atoms with Crippen LogP contribution in [0.3, 0.4) is 0 Å². The van der Waals surface area contributed by atoms with E-state index in [1.807, 2.05) is 11.8 Å². The Hall–Kier alpha value is -0.970. The first kappa shape index (κ1) is 14.9. The van der Waals surface area contributed by atoms with Gasteiger partial charge in [0.05, 0.1) is 5.56 Å². The minimum Gasteiger partial charge on any atom is -0.294 e. The van der Waals surface area contributed by atoms with Gasteiger partial charge in [-0.25, -0.2) is 0 Å². The highest BCUT2D eigenvalue weighted by atomic mass is 32.2. The van der Waals surface area contributed by atoms with Crippen molar-refractivity contribution in [2.45, 2.75) is 48.8 Å². The maximum absolute atomic E-state index is 12.5. The lowest BCUT2D eigenvalue weighted by Gasteiger charge is -2.37. The van der Waals surface area contributed by atoms with Gasteiger partial charge in [-0.1, -0.05) is 18.6 Å². The quantitative estimate of drug-likeness (QED) is 0.718. The summed E-state index contributed by atoms with van der Waals surface area (Å²) in [5.74, 6) is -0.000730. The lowest BCUT2D eigenvalue weighted by atomic mass is 9.84. The summed E-state index contributed by atoms with van der Waals surface area (Å²) in [7, 11) is 0. The van der Waals surface area contributed by atoms with Crippen molar-refractivity contribution in [3.05, 3.63) is 35.4 Å². The largest absolute Gasteiger partial charge is 0.416 e. The van der Waals surface area contributed by atoms with Crippen LogP contribution in [-0.2, 0) is 6.18 Å². The van der Waals surface area contributed by atoms with Gasteiger partial charge in [-0.2, -0.15) is 24.9 Å². The lowest BCUT2D eigenvalue weighted by Crippen LogP contribution is -2.32. The number of alkyl halides is 3. The molecule has 2 bridgehead atoms. The highest BCUT2D eigenvalue weighted by molar-refractivity contribution is 8.00. The fourth-order valence-corrected chi connectivity index (χ4v) is 5.17. The second kappa shape index (κ2) is 5.67. The van der Waals surface area contributed by atoms with Gasteiger partial charge < -0.3 is 0 Å². The van der Waals surface area contributed by atoms with E-state index in [0.717, 1.165) is 37.8 Å². The second-order valence-corrected chi connectivity index (χ2v) is 7.52. The Labute approximate surface area is 126 Å². The molecule has 2 heterocycles. The minimum absolute atomic E-state index is 0.0147. The van der Waals surface area contributed by atoms with E-state index >= 15 is 0 Å². The summed E-state index contributed by atoms with van der Waals surface area (Å²) < 4.78 is 37.6. The first-order valence-electron chi connectivity index (χ1n) is 7.30. The third-order valence-corrected chi connectivity index (χ3v) is 6.03. The first-order chi connectivity index (χ1) is 9.93. The van der Waals surface area contributed by atoms with Crippen LogP contribution in [0.15, 0.2) is 24.3 Å². The van der Waals surface area contributed by atoms with E-state index in [-0.39, 0.29) is 11.7 Å². The summed E-state index contributed by atoms with van der Waals surface area (Å²) in [6, 6.07) is 4.66. The van der Waals surface area contributed by atoms with Gasteiger partial charge in [0.15, 0.2) is 5.78 Å². The number of thioether (sulfide) groups is 1. The van der Waals surface area contributed by atoms with Crippen LogP contribution in [0, 0.1) is 5.92 Å². The van der Waals surface area contributed by atoms with Gasteiger partial charge in [-0.3, -0.25) is 4.79 Å². The predicted octanol–water partition coefficient (Wildman–Crippen LogP) is 4.95. The van der Waals surface area contributed by atoms with Gasteiger partial charge in [-0.15, -0.1) is 0 Å². The minimum atomic E-state index is -4.35. The van der Waals surface area contributed by atoms with Crippen molar-refractivity contribution in [3.63, 3.8) is 0 Å². The van der Waals surface area contributed by atoms with Crippen molar-refractivity contribution >= 4 is 17.5 Å². The van der Waals surface area contributed by atoms with Crippen molar-refractivity contribution in [1.29, 1.82) is 0 Å². The molecule has 2 fully saturated rings. The monoisotopic (exact) mass is 314 g/mol. The number of halogens is 3. The highest BCUT2D eigenvalue weighted by Gasteiger charge is 2.36. The van der Waals surface area contributed by atoms with E-state index in [1.54, 1.807) is 0 Å². The second-order valence-electron chi connectivity index (χ2n) is 5.92. The SMILES string of the molecule is O=C(c1ccc(C(F)(F)F)cc1)C1CC2CCCC(C1)S2. The Morgan fingerprint density at radius 3 is 2.14 bits per heavy atom. The van der Waals surface area contributed by atoms with Gasteiger partial charge in [0.25, 0.3) is 0 Å². The molecule has 0 aromatic heterocycles. The van der Waals surface area contributed by atoms with Crippen LogP contribution >= 0.6 is 11.8 Å². The summed E-state index contributed by atoms with van der Waals surface area (Å²) in [6.45, 7) is 0. The predicted molar refractivity (Wildman–Crippen MR) is 77.5 cm³/mol. The molecule has 0 saturated carbocycles. The van der Waals surface area contributed by atoms with E-state index in [4.69, 9.17) is 0 Å². The van der Waals surface area contributed by atoms with Crippen LogP contribution in [0.25, 0.3) is 0 Å². The molecule has 0 amide bonds. The molecular weight excluding hydrogens is 297 g/mol. The Morgan fingerprint density at radius 2 is 1.62 bits per heavy atom. The average Bonchev–Trinajstić information content (AvgIpc) is 2.45. The van der Waals surface area contributed by atoms with Crippen LogP contribution in [0.1, 0.15) is 48.0 Å². The third kappa shape index (κ3) is 3.28. The van der Waals surface area contributed by atoms with Crippen molar-refractivity contribution in [3.8, 4) is 0 Å². The van der Waals surface area contributed by atoms with Gasteiger partial charge in [-0.05, 0) is 37.8 Å². The number of fused-ring (bicyclic) bond motifs is 2. The summed E-state index contributed by atoms with van der Waals surface area (Å²) >= 11 is 1.99. The standard InChI is InChI=1S/C16H17F3OS/c17-16(18,19)12-6-4-10(5-7-12)15(20)11-8-13-2-1-3-14(9-11)21-13/h4-7,11,13-14H,1-3,8-9H2. The highest BCUT2D eigenvalue weighted by Crippen LogP contribution is 2.44. The number of rotatable bonds is 2. The third-order valence-electron chi connectivity index (χ3n) is 4.40. The molecule has 0 radical (unpaired) electrons. The average molecular weight is 314 g/mol. The zero-order valence-electron chi connectivity index (χ0n) is 11.5. The van der Waals surface area contributed by atoms with Crippen LogP contribution in [0.4, 0.5) is 13.2 Å². The molecule has 2 aliphatic heterocycles. The summed E-state index contributed by atoms with van der Waals surface area (Å²) in [4.78, 5) is 12.5. The number of carbonyl (C=O) groups is 1. The Kier molecular flexibility index (Phi) is 4.04. The summed E-state index contributed by atoms with van der Waals surface area (Å²) in [5, 5.41) is 1.11. The molecule has 21 heavy (non-hydrogen) atoms. The molecule has 1 aromatic carbocycles. The van der Waals surface area contributed by atoms with Gasteiger partial charge in [0.1, 0.15) is 0 Å². The molecule has 5 heteroatoms. The van der Waals surface area contributed by atoms with Crippen LogP contribution in [0.2, 0.25) is 0 Å². The fourth-order valence-electron chi connectivity index (χ4n) is 3.33. The van der Waals surface area contributed by atoms with Crippen molar-refractivity contribution in [1.82, 2.24) is 0 Å². The number of ketones is 1. The smallest absolute Gasteiger partial charge is 0.294 e. The van der Waals surface area contributed by atoms with E-state index in [9.17, 15) is 18.0 Å². The molecule has 114 valence electrons. The first-order valence-corrected chi connectivity index (χ1v) is 8.24. The van der Waals surface area contributed by atoms with Gasteiger partial charge in [0.2, 0.25) is 0 Å². The zero-order valence-corrected chi connectivity index (χ0v) is 12.3. The molecule has 2 atom stereocenters. The topological polar surface area (TPSA) is 17.1 Å².